The molecule has 124 valence electrons. The lowest BCUT2D eigenvalue weighted by molar-refractivity contribution is -0.117. The van der Waals surface area contributed by atoms with Crippen LogP contribution in [-0.2, 0) is 9.53 Å². The second-order valence-electron chi connectivity index (χ2n) is 4.37. The van der Waals surface area contributed by atoms with E-state index < -0.39 is 5.91 Å². The van der Waals surface area contributed by atoms with Crippen molar-refractivity contribution in [2.45, 2.75) is 0 Å². The molecular weight excluding hydrogens is 300 g/mol. The van der Waals surface area contributed by atoms with Crippen molar-refractivity contribution in [3.63, 3.8) is 0 Å². The van der Waals surface area contributed by atoms with E-state index in [2.05, 4.69) is 5.32 Å². The van der Waals surface area contributed by atoms with Crippen LogP contribution in [0.5, 0.6) is 17.2 Å². The Kier molecular flexibility index (Phi) is 7.43. The monoisotopic (exact) mass is 320 g/mol. The van der Waals surface area contributed by atoms with Crippen molar-refractivity contribution < 1.29 is 23.7 Å². The molecule has 1 amide bonds. The fourth-order valence-electron chi connectivity index (χ4n) is 1.83. The van der Waals surface area contributed by atoms with Crippen molar-refractivity contribution in [2.75, 3.05) is 41.6 Å². The van der Waals surface area contributed by atoms with Crippen LogP contribution in [0.4, 0.5) is 0 Å². The minimum Gasteiger partial charge on any atom is -0.496 e. The first-order valence-electron chi connectivity index (χ1n) is 6.80. The summed E-state index contributed by atoms with van der Waals surface area (Å²) in [4.78, 5) is 12.0. The lowest BCUT2D eigenvalue weighted by atomic mass is 10.1. The van der Waals surface area contributed by atoms with Crippen molar-refractivity contribution in [1.82, 2.24) is 5.32 Å². The second-order valence-corrected chi connectivity index (χ2v) is 4.37. The summed E-state index contributed by atoms with van der Waals surface area (Å²) in [5, 5.41) is 11.8. The van der Waals surface area contributed by atoms with Gasteiger partial charge in [-0.2, -0.15) is 5.26 Å². The molecule has 1 aromatic carbocycles. The summed E-state index contributed by atoms with van der Waals surface area (Å²) < 4.78 is 20.5. The number of benzene rings is 1. The van der Waals surface area contributed by atoms with Gasteiger partial charge in [0.15, 0.2) is 11.5 Å². The minimum absolute atomic E-state index is 0.0494. The fraction of sp³-hybridized carbons (Fsp3) is 0.375. The lowest BCUT2D eigenvalue weighted by Crippen LogP contribution is -2.27. The largest absolute Gasteiger partial charge is 0.496 e. The van der Waals surface area contributed by atoms with Crippen LogP contribution in [0, 0.1) is 11.3 Å². The summed E-state index contributed by atoms with van der Waals surface area (Å²) in [5.41, 5.74) is 0.482. The zero-order valence-electron chi connectivity index (χ0n) is 13.6. The summed E-state index contributed by atoms with van der Waals surface area (Å²) in [7, 11) is 6.03. The van der Waals surface area contributed by atoms with Gasteiger partial charge in [-0.3, -0.25) is 4.79 Å². The molecule has 0 aliphatic rings. The zero-order valence-corrected chi connectivity index (χ0v) is 13.6. The van der Waals surface area contributed by atoms with E-state index in [-0.39, 0.29) is 5.57 Å². The topological polar surface area (TPSA) is 89.8 Å². The smallest absolute Gasteiger partial charge is 0.262 e. The van der Waals surface area contributed by atoms with E-state index in [0.29, 0.717) is 36.0 Å². The number of methoxy groups -OCH3 is 4. The predicted octanol–water partition coefficient (Wildman–Crippen LogP) is 1.38. The standard InChI is InChI=1S/C16H20N2O5/c1-20-6-5-18-16(19)12(10-17)7-11-8-14(22-3)15(23-4)9-13(11)21-2/h7-9H,5-6H2,1-4H3,(H,18,19)/b12-7+. The summed E-state index contributed by atoms with van der Waals surface area (Å²) >= 11 is 0. The number of nitrogens with one attached hydrogen (secondary N) is 1. The lowest BCUT2D eigenvalue weighted by Gasteiger charge is -2.12. The van der Waals surface area contributed by atoms with Crippen LogP contribution in [-0.4, -0.2) is 47.5 Å². The van der Waals surface area contributed by atoms with Gasteiger partial charge < -0.3 is 24.3 Å². The molecule has 0 aliphatic carbocycles. The molecule has 1 N–H and O–H groups in total. The third-order valence-electron chi connectivity index (χ3n) is 2.99. The molecule has 0 bridgehead atoms. The number of nitriles is 1. The van der Waals surface area contributed by atoms with E-state index in [9.17, 15) is 10.1 Å². The van der Waals surface area contributed by atoms with E-state index in [1.165, 1.54) is 34.5 Å². The van der Waals surface area contributed by atoms with Gasteiger partial charge in [-0.15, -0.1) is 0 Å². The maximum absolute atomic E-state index is 12.0. The first kappa shape index (κ1) is 18.3. The van der Waals surface area contributed by atoms with Crippen LogP contribution >= 0.6 is 0 Å². The van der Waals surface area contributed by atoms with E-state index >= 15 is 0 Å². The molecule has 7 heteroatoms. The highest BCUT2D eigenvalue weighted by Crippen LogP contribution is 2.35. The van der Waals surface area contributed by atoms with Gasteiger partial charge in [0.25, 0.3) is 5.91 Å². The fourth-order valence-corrected chi connectivity index (χ4v) is 1.83. The highest BCUT2D eigenvalue weighted by atomic mass is 16.5. The molecule has 0 spiro atoms. The van der Waals surface area contributed by atoms with E-state index in [4.69, 9.17) is 18.9 Å². The number of amides is 1. The number of hydrogen-bond donors (Lipinski definition) is 1. The molecule has 1 rings (SSSR count). The molecule has 1 aromatic rings. The number of carbonyl (C=O) groups excluding carboxylic acids is 1. The Hall–Kier alpha value is -2.72. The first-order chi connectivity index (χ1) is 11.1. The Labute approximate surface area is 135 Å². The highest BCUT2D eigenvalue weighted by molar-refractivity contribution is 6.02. The average Bonchev–Trinajstić information content (AvgIpc) is 2.58. The van der Waals surface area contributed by atoms with Gasteiger partial charge >= 0.3 is 0 Å². The summed E-state index contributed by atoms with van der Waals surface area (Å²) in [6, 6.07) is 5.14. The molecule has 0 atom stereocenters. The average molecular weight is 320 g/mol. The second kappa shape index (κ2) is 9.33. The van der Waals surface area contributed by atoms with Crippen molar-refractivity contribution in [3.8, 4) is 23.3 Å². The van der Waals surface area contributed by atoms with Crippen molar-refractivity contribution in [2.24, 2.45) is 0 Å². The van der Waals surface area contributed by atoms with E-state index in [0.717, 1.165) is 0 Å². The molecular formula is C16H20N2O5. The number of carbonyl (C=O) groups is 1. The van der Waals surface area contributed by atoms with E-state index in [1.807, 2.05) is 6.07 Å². The zero-order chi connectivity index (χ0) is 17.2. The van der Waals surface area contributed by atoms with Crippen molar-refractivity contribution in [1.29, 1.82) is 5.26 Å². The molecule has 0 fully saturated rings. The molecule has 0 unspecified atom stereocenters. The Balaban J connectivity index is 3.16. The molecule has 0 aliphatic heterocycles. The summed E-state index contributed by atoms with van der Waals surface area (Å²) in [6.45, 7) is 0.682. The van der Waals surface area contributed by atoms with Gasteiger partial charge in [-0.05, 0) is 12.1 Å². The number of hydrogen-bond acceptors (Lipinski definition) is 6. The van der Waals surface area contributed by atoms with E-state index in [1.54, 1.807) is 12.1 Å². The normalized spacial score (nSPS) is 10.7. The van der Waals surface area contributed by atoms with Crippen LogP contribution < -0.4 is 19.5 Å². The number of nitrogens with zero attached hydrogens (tertiary/aromatic N) is 1. The molecule has 7 nitrogen and oxygen atoms in total. The van der Waals surface area contributed by atoms with Gasteiger partial charge in [-0.1, -0.05) is 0 Å². The Morgan fingerprint density at radius 1 is 1.13 bits per heavy atom. The van der Waals surface area contributed by atoms with Crippen LogP contribution in [0.2, 0.25) is 0 Å². The molecule has 0 saturated heterocycles. The predicted molar refractivity (Wildman–Crippen MR) is 84.6 cm³/mol. The number of rotatable bonds is 8. The first-order valence-corrected chi connectivity index (χ1v) is 6.80. The highest BCUT2D eigenvalue weighted by Gasteiger charge is 2.14. The van der Waals surface area contributed by atoms with Crippen LogP contribution in [0.25, 0.3) is 6.08 Å². The van der Waals surface area contributed by atoms with Gasteiger partial charge in [0.1, 0.15) is 17.4 Å². The van der Waals surface area contributed by atoms with Crippen molar-refractivity contribution in [3.05, 3.63) is 23.3 Å². The van der Waals surface area contributed by atoms with Gasteiger partial charge in [0, 0.05) is 25.3 Å². The maximum Gasteiger partial charge on any atom is 0.262 e. The van der Waals surface area contributed by atoms with Gasteiger partial charge in [0.05, 0.1) is 27.9 Å². The van der Waals surface area contributed by atoms with Gasteiger partial charge in [-0.25, -0.2) is 0 Å². The minimum atomic E-state index is -0.485. The summed E-state index contributed by atoms with van der Waals surface area (Å²) in [6.07, 6.45) is 1.43. The van der Waals surface area contributed by atoms with Crippen LogP contribution in [0.1, 0.15) is 5.56 Å². The molecule has 0 radical (unpaired) electrons. The third kappa shape index (κ3) is 4.90. The maximum atomic E-state index is 12.0. The summed E-state index contributed by atoms with van der Waals surface area (Å²) in [5.74, 6) is 0.933. The SMILES string of the molecule is COCCNC(=O)/C(C#N)=C/c1cc(OC)c(OC)cc1OC. The Morgan fingerprint density at radius 2 is 1.74 bits per heavy atom. The number of ether oxygens (including phenoxy) is 4. The molecule has 0 aromatic heterocycles. The molecule has 0 saturated carbocycles. The Bertz CT molecular complexity index is 620. The molecule has 0 heterocycles. The molecule has 23 heavy (non-hydrogen) atoms. The van der Waals surface area contributed by atoms with Crippen molar-refractivity contribution >= 4 is 12.0 Å². The van der Waals surface area contributed by atoms with Gasteiger partial charge in [0.2, 0.25) is 0 Å². The van der Waals surface area contributed by atoms with Crippen LogP contribution in [0.15, 0.2) is 17.7 Å². The van der Waals surface area contributed by atoms with Crippen LogP contribution in [0.3, 0.4) is 0 Å². The quantitative estimate of drug-likeness (QED) is 0.442. The third-order valence-corrected chi connectivity index (χ3v) is 2.99. The Morgan fingerprint density at radius 3 is 2.26 bits per heavy atom.